The Morgan fingerprint density at radius 2 is 0.977 bits per heavy atom. The maximum Gasteiger partial charge on any atom is 0.417 e. The maximum absolute atomic E-state index is 13.2. The molecule has 4 fully saturated rings. The van der Waals surface area contributed by atoms with Crippen LogP contribution in [-0.4, -0.2) is 59.9 Å². The van der Waals surface area contributed by atoms with Gasteiger partial charge >= 0.3 is 12.4 Å². The van der Waals surface area contributed by atoms with Gasteiger partial charge in [-0.15, -0.1) is 24.8 Å². The summed E-state index contributed by atoms with van der Waals surface area (Å²) in [5, 5.41) is 6.79. The zero-order valence-electron chi connectivity index (χ0n) is 23.4. The lowest BCUT2D eigenvalue weighted by molar-refractivity contribution is -0.138. The normalized spacial score (nSPS) is 27.2. The molecule has 44 heavy (non-hydrogen) atoms. The molecule has 2 aromatic rings. The highest BCUT2D eigenvalue weighted by Gasteiger charge is 2.52. The highest BCUT2D eigenvalue weighted by atomic mass is 35.5. The van der Waals surface area contributed by atoms with Gasteiger partial charge in [-0.3, -0.25) is 9.59 Å². The molecular weight excluding hydrogens is 633 g/mol. The number of nitrogens with zero attached hydrogens (tertiary/aromatic N) is 2. The number of halogens is 8. The van der Waals surface area contributed by atoms with Gasteiger partial charge in [0, 0.05) is 38.3 Å². The van der Waals surface area contributed by atoms with Gasteiger partial charge in [0.25, 0.3) is 11.8 Å². The number of hydrogen-bond acceptors (Lipinski definition) is 4. The molecule has 0 aromatic heterocycles. The van der Waals surface area contributed by atoms with Crippen molar-refractivity contribution in [1.82, 2.24) is 20.4 Å². The van der Waals surface area contributed by atoms with Crippen LogP contribution in [0.15, 0.2) is 36.4 Å². The van der Waals surface area contributed by atoms with Gasteiger partial charge in [0.05, 0.1) is 34.3 Å². The van der Waals surface area contributed by atoms with E-state index in [0.717, 1.165) is 37.8 Å². The largest absolute Gasteiger partial charge is 0.417 e. The van der Waals surface area contributed by atoms with Crippen molar-refractivity contribution in [2.75, 3.05) is 26.2 Å². The molecule has 240 valence electrons. The van der Waals surface area contributed by atoms with Crippen LogP contribution in [0.1, 0.15) is 80.7 Å². The molecule has 4 aliphatic heterocycles. The van der Waals surface area contributed by atoms with Crippen LogP contribution >= 0.6 is 24.8 Å². The molecule has 0 radical (unpaired) electrons. The Kier molecular flexibility index (Phi) is 8.71. The summed E-state index contributed by atoms with van der Waals surface area (Å²) >= 11 is 0. The molecule has 8 rings (SSSR count). The zero-order valence-corrected chi connectivity index (χ0v) is 25.0. The number of rotatable bonds is 2. The van der Waals surface area contributed by atoms with Crippen molar-refractivity contribution in [2.24, 2.45) is 11.8 Å². The molecule has 2 aliphatic carbocycles. The lowest BCUT2D eigenvalue weighted by atomic mass is 9.92. The van der Waals surface area contributed by atoms with Crippen LogP contribution in [0.25, 0.3) is 0 Å². The van der Waals surface area contributed by atoms with Crippen molar-refractivity contribution in [3.63, 3.8) is 0 Å². The number of amides is 2. The second-order valence-electron chi connectivity index (χ2n) is 12.1. The first-order valence-electron chi connectivity index (χ1n) is 14.5. The number of fused-ring (bicyclic) bond motifs is 6. The fourth-order valence-corrected chi connectivity index (χ4v) is 7.40. The Bertz CT molecular complexity index is 1340. The molecular formula is C30H32Cl2F6N4O2. The number of benzene rings is 2. The first-order chi connectivity index (χ1) is 20.0. The van der Waals surface area contributed by atoms with Crippen molar-refractivity contribution >= 4 is 36.6 Å². The molecule has 0 bridgehead atoms. The lowest BCUT2D eigenvalue weighted by Crippen LogP contribution is -2.52. The number of hydrogen-bond donors (Lipinski definition) is 2. The van der Waals surface area contributed by atoms with Gasteiger partial charge in [0.2, 0.25) is 0 Å². The molecule has 4 heterocycles. The monoisotopic (exact) mass is 664 g/mol. The van der Waals surface area contributed by atoms with Gasteiger partial charge in [-0.05, 0) is 60.8 Å². The number of carbonyl (C=O) groups excluding carboxylic acids is 2. The van der Waals surface area contributed by atoms with E-state index in [1.807, 2.05) is 0 Å². The van der Waals surface area contributed by atoms with E-state index in [-0.39, 0.29) is 60.1 Å². The number of carbonyl (C=O) groups is 2. The molecule has 2 saturated heterocycles. The van der Waals surface area contributed by atoms with Gasteiger partial charge in [0.1, 0.15) is 0 Å². The lowest BCUT2D eigenvalue weighted by Gasteiger charge is -2.38. The Hall–Kier alpha value is -2.54. The SMILES string of the molecule is Cl.Cl.O=C1c2c(cccc2C(F)(F)F)[C@@H]2[C@H](C3CC3)NCCN12.O=C1c2c(cccc2C(F)(F)F)[C@H]2[C@@H](C3CC3)NCCN12. The van der Waals surface area contributed by atoms with Crippen LogP contribution in [0, 0.1) is 11.8 Å². The van der Waals surface area contributed by atoms with Crippen molar-refractivity contribution < 1.29 is 35.9 Å². The topological polar surface area (TPSA) is 64.7 Å². The van der Waals surface area contributed by atoms with E-state index in [1.165, 1.54) is 12.1 Å². The zero-order chi connectivity index (χ0) is 29.6. The Balaban J connectivity index is 0.000000167. The Labute approximate surface area is 262 Å². The highest BCUT2D eigenvalue weighted by molar-refractivity contribution is 6.01. The van der Waals surface area contributed by atoms with Gasteiger partial charge in [-0.25, -0.2) is 0 Å². The van der Waals surface area contributed by atoms with Gasteiger partial charge in [0.15, 0.2) is 0 Å². The molecule has 2 N–H and O–H groups in total. The first-order valence-corrected chi connectivity index (χ1v) is 14.5. The third kappa shape index (κ3) is 5.45. The summed E-state index contributed by atoms with van der Waals surface area (Å²) in [4.78, 5) is 28.2. The summed E-state index contributed by atoms with van der Waals surface area (Å²) in [7, 11) is 0. The summed E-state index contributed by atoms with van der Waals surface area (Å²) in [5.41, 5.74) is -0.783. The third-order valence-corrected chi connectivity index (χ3v) is 9.47. The van der Waals surface area contributed by atoms with E-state index in [9.17, 15) is 35.9 Å². The molecule has 2 aromatic carbocycles. The van der Waals surface area contributed by atoms with Crippen LogP contribution in [0.5, 0.6) is 0 Å². The van der Waals surface area contributed by atoms with Crippen molar-refractivity contribution in [1.29, 1.82) is 0 Å². The molecule has 0 unspecified atom stereocenters. The minimum absolute atomic E-state index is 0. The predicted molar refractivity (Wildman–Crippen MR) is 154 cm³/mol. The predicted octanol–water partition coefficient (Wildman–Crippen LogP) is 6.01. The first kappa shape index (κ1) is 32.8. The van der Waals surface area contributed by atoms with Gasteiger partial charge in [-0.1, -0.05) is 24.3 Å². The number of nitrogens with one attached hydrogen (secondary N) is 2. The van der Waals surface area contributed by atoms with Crippen molar-refractivity contribution in [3.8, 4) is 0 Å². The van der Waals surface area contributed by atoms with Crippen LogP contribution in [-0.2, 0) is 12.4 Å². The summed E-state index contributed by atoms with van der Waals surface area (Å²) in [5.74, 6) is 0.0299. The second kappa shape index (κ2) is 11.7. The van der Waals surface area contributed by atoms with Crippen LogP contribution in [0.4, 0.5) is 26.3 Å². The van der Waals surface area contributed by atoms with Crippen molar-refractivity contribution in [3.05, 3.63) is 69.8 Å². The van der Waals surface area contributed by atoms with E-state index in [1.54, 1.807) is 21.9 Å². The fourth-order valence-electron chi connectivity index (χ4n) is 7.40. The minimum atomic E-state index is -4.49. The van der Waals surface area contributed by atoms with E-state index in [4.69, 9.17) is 0 Å². The van der Waals surface area contributed by atoms with Crippen LogP contribution in [0.2, 0.25) is 0 Å². The average Bonchev–Trinajstić information content (AvgIpc) is 3.89. The number of alkyl halides is 6. The van der Waals surface area contributed by atoms with Crippen molar-refractivity contribution in [2.45, 2.75) is 62.2 Å². The Morgan fingerprint density at radius 3 is 1.30 bits per heavy atom. The van der Waals surface area contributed by atoms with E-state index in [0.29, 0.717) is 49.1 Å². The molecule has 2 amide bonds. The smallest absolute Gasteiger partial charge is 0.329 e. The Morgan fingerprint density at radius 1 is 0.614 bits per heavy atom. The van der Waals surface area contributed by atoms with E-state index in [2.05, 4.69) is 10.6 Å². The van der Waals surface area contributed by atoms with E-state index < -0.39 is 35.3 Å². The summed E-state index contributed by atoms with van der Waals surface area (Å²) in [6.45, 7) is 2.24. The quantitative estimate of drug-likeness (QED) is 0.386. The average molecular weight is 666 g/mol. The van der Waals surface area contributed by atoms with Gasteiger partial charge < -0.3 is 20.4 Å². The summed E-state index contributed by atoms with van der Waals surface area (Å²) < 4.78 is 79.1. The molecule has 4 atom stereocenters. The summed E-state index contributed by atoms with van der Waals surface area (Å²) in [6.07, 6.45) is -4.62. The van der Waals surface area contributed by atoms with E-state index >= 15 is 0 Å². The second-order valence-corrected chi connectivity index (χ2v) is 12.1. The minimum Gasteiger partial charge on any atom is -0.329 e. The van der Waals surface area contributed by atoms with Gasteiger partial charge in [-0.2, -0.15) is 26.3 Å². The third-order valence-electron chi connectivity index (χ3n) is 9.47. The molecule has 6 aliphatic rings. The van der Waals surface area contributed by atoms with Crippen LogP contribution < -0.4 is 10.6 Å². The molecule has 0 spiro atoms. The standard InChI is InChI=1S/2C15H15F3N2O.2ClH/c2*16-15(17,18)10-3-1-2-9-11(10)14(21)20-7-6-19-12(13(9)20)8-4-5-8;;/h2*1-3,8,12-13,19H,4-7H2;2*1H/t2*12-,13+;;/m10../s1. The molecule has 14 heteroatoms. The number of piperazine rings is 2. The fraction of sp³-hybridized carbons (Fsp3) is 0.533. The molecule has 2 saturated carbocycles. The highest BCUT2D eigenvalue weighted by Crippen LogP contribution is 2.50. The van der Waals surface area contributed by atoms with Crippen LogP contribution in [0.3, 0.4) is 0 Å². The maximum atomic E-state index is 13.2. The summed E-state index contributed by atoms with van der Waals surface area (Å²) in [6, 6.07) is 7.90. The molecule has 6 nitrogen and oxygen atoms in total.